The van der Waals surface area contributed by atoms with Crippen LogP contribution in [0.1, 0.15) is 25.7 Å². The molecule has 1 aliphatic heterocycles. The SMILES string of the molecule is O=C1Nc2ccccc2NC2(O)C3CC4CC3CC(C4)C12. The van der Waals surface area contributed by atoms with Gasteiger partial charge in [0.15, 0.2) is 5.72 Å². The van der Waals surface area contributed by atoms with Crippen molar-refractivity contribution in [2.45, 2.75) is 31.4 Å². The standard InChI is InChI=1S/C17H20N2O2/c20-16-15-11-6-9-5-10(8-11)12(7-9)17(15,21)19-14-4-2-1-3-13(14)18-16/h1-4,9-12,15,19,21H,5-8H2,(H,18,20). The molecular formula is C17H20N2O2. The van der Waals surface area contributed by atoms with E-state index in [4.69, 9.17) is 0 Å². The van der Waals surface area contributed by atoms with Gasteiger partial charge < -0.3 is 15.7 Å². The van der Waals surface area contributed by atoms with E-state index < -0.39 is 5.72 Å². The lowest BCUT2D eigenvalue weighted by atomic mass is 9.62. The molecular weight excluding hydrogens is 264 g/mol. The Labute approximate surface area is 123 Å². The van der Waals surface area contributed by atoms with Gasteiger partial charge in [0.25, 0.3) is 0 Å². The largest absolute Gasteiger partial charge is 0.370 e. The highest BCUT2D eigenvalue weighted by atomic mass is 16.3. The first-order valence-electron chi connectivity index (χ1n) is 8.05. The number of para-hydroxylation sites is 2. The first-order chi connectivity index (χ1) is 10.1. The number of hydrogen-bond donors (Lipinski definition) is 3. The van der Waals surface area contributed by atoms with Crippen LogP contribution in [0.3, 0.4) is 0 Å². The van der Waals surface area contributed by atoms with E-state index in [1.165, 1.54) is 6.42 Å². The van der Waals surface area contributed by atoms with E-state index in [0.29, 0.717) is 17.8 Å². The molecule has 1 heterocycles. The minimum Gasteiger partial charge on any atom is -0.370 e. The van der Waals surface area contributed by atoms with Crippen LogP contribution in [0.5, 0.6) is 0 Å². The topological polar surface area (TPSA) is 61.4 Å². The number of benzene rings is 1. The van der Waals surface area contributed by atoms with Gasteiger partial charge in [-0.25, -0.2) is 0 Å². The van der Waals surface area contributed by atoms with Gasteiger partial charge >= 0.3 is 0 Å². The fourth-order valence-electron chi connectivity index (χ4n) is 5.72. The van der Waals surface area contributed by atoms with Crippen LogP contribution in [0.4, 0.5) is 11.4 Å². The predicted molar refractivity (Wildman–Crippen MR) is 79.6 cm³/mol. The Morgan fingerprint density at radius 1 is 1.05 bits per heavy atom. The molecule has 3 fully saturated rings. The summed E-state index contributed by atoms with van der Waals surface area (Å²) < 4.78 is 0. The van der Waals surface area contributed by atoms with Gasteiger partial charge in [0, 0.05) is 5.92 Å². The van der Waals surface area contributed by atoms with Crippen molar-refractivity contribution in [1.29, 1.82) is 0 Å². The fourth-order valence-corrected chi connectivity index (χ4v) is 5.72. The number of hydrogen-bond acceptors (Lipinski definition) is 3. The van der Waals surface area contributed by atoms with E-state index >= 15 is 0 Å². The maximum absolute atomic E-state index is 12.8. The quantitative estimate of drug-likeness (QED) is 0.685. The Hall–Kier alpha value is -1.55. The van der Waals surface area contributed by atoms with Crippen LogP contribution < -0.4 is 10.6 Å². The molecule has 1 amide bonds. The van der Waals surface area contributed by atoms with Crippen LogP contribution in [-0.4, -0.2) is 16.7 Å². The van der Waals surface area contributed by atoms with E-state index in [0.717, 1.165) is 30.6 Å². The number of nitrogens with one attached hydrogen (secondary N) is 2. The van der Waals surface area contributed by atoms with E-state index in [1.54, 1.807) is 0 Å². The average molecular weight is 284 g/mol. The van der Waals surface area contributed by atoms with Crippen molar-refractivity contribution in [2.24, 2.45) is 29.6 Å². The summed E-state index contributed by atoms with van der Waals surface area (Å²) in [5.41, 5.74) is 0.562. The molecule has 4 nitrogen and oxygen atoms in total. The van der Waals surface area contributed by atoms with Crippen LogP contribution in [0.25, 0.3) is 0 Å². The number of carbonyl (C=O) groups is 1. The summed E-state index contributed by atoms with van der Waals surface area (Å²) >= 11 is 0. The van der Waals surface area contributed by atoms with Crippen LogP contribution in [-0.2, 0) is 4.79 Å². The van der Waals surface area contributed by atoms with Crippen LogP contribution in [0.2, 0.25) is 0 Å². The Kier molecular flexibility index (Phi) is 2.18. The maximum atomic E-state index is 12.8. The highest BCUT2D eigenvalue weighted by molar-refractivity contribution is 5.98. The third-order valence-electron chi connectivity index (χ3n) is 6.35. The molecule has 4 heteroatoms. The predicted octanol–water partition coefficient (Wildman–Crippen LogP) is 2.42. The van der Waals surface area contributed by atoms with Crippen molar-refractivity contribution in [3.05, 3.63) is 24.3 Å². The van der Waals surface area contributed by atoms with Gasteiger partial charge in [-0.2, -0.15) is 0 Å². The Morgan fingerprint density at radius 2 is 1.81 bits per heavy atom. The van der Waals surface area contributed by atoms with Gasteiger partial charge in [0.2, 0.25) is 5.91 Å². The average Bonchev–Trinajstić information content (AvgIpc) is 2.64. The molecule has 6 unspecified atom stereocenters. The molecule has 5 rings (SSSR count). The number of carbonyl (C=O) groups excluding carboxylic acids is 1. The van der Waals surface area contributed by atoms with Gasteiger partial charge in [-0.15, -0.1) is 0 Å². The van der Waals surface area contributed by atoms with Crippen molar-refractivity contribution in [3.8, 4) is 0 Å². The molecule has 110 valence electrons. The van der Waals surface area contributed by atoms with E-state index in [-0.39, 0.29) is 17.7 Å². The zero-order valence-corrected chi connectivity index (χ0v) is 11.9. The summed E-state index contributed by atoms with van der Waals surface area (Å²) in [5.74, 6) is 1.49. The normalized spacial score (nSPS) is 46.1. The number of rotatable bonds is 0. The molecule has 3 saturated carbocycles. The molecule has 3 N–H and O–H groups in total. The van der Waals surface area contributed by atoms with Gasteiger partial charge in [0.1, 0.15) is 0 Å². The maximum Gasteiger partial charge on any atom is 0.232 e. The smallest absolute Gasteiger partial charge is 0.232 e. The first kappa shape index (κ1) is 12.0. The molecule has 3 bridgehead atoms. The third kappa shape index (κ3) is 1.46. The molecule has 21 heavy (non-hydrogen) atoms. The Balaban J connectivity index is 1.67. The lowest BCUT2D eigenvalue weighted by Crippen LogP contribution is -2.60. The Bertz CT molecular complexity index is 629. The van der Waals surface area contributed by atoms with Gasteiger partial charge in [-0.05, 0) is 55.6 Å². The molecule has 0 aromatic heterocycles. The molecule has 1 aromatic rings. The number of anilines is 2. The van der Waals surface area contributed by atoms with E-state index in [9.17, 15) is 9.90 Å². The van der Waals surface area contributed by atoms with Crippen LogP contribution >= 0.6 is 0 Å². The van der Waals surface area contributed by atoms with Crippen molar-refractivity contribution >= 4 is 17.3 Å². The summed E-state index contributed by atoms with van der Waals surface area (Å²) in [6.07, 6.45) is 4.52. The summed E-state index contributed by atoms with van der Waals surface area (Å²) in [5, 5.41) is 17.9. The molecule has 1 aromatic carbocycles. The zero-order chi connectivity index (χ0) is 14.2. The third-order valence-corrected chi connectivity index (χ3v) is 6.35. The van der Waals surface area contributed by atoms with Gasteiger partial charge in [-0.1, -0.05) is 12.1 Å². The highest BCUT2D eigenvalue weighted by Gasteiger charge is 2.63. The van der Waals surface area contributed by atoms with Crippen molar-refractivity contribution in [1.82, 2.24) is 0 Å². The second-order valence-corrected chi connectivity index (χ2v) is 7.40. The van der Waals surface area contributed by atoms with E-state index in [1.807, 2.05) is 24.3 Å². The highest BCUT2D eigenvalue weighted by Crippen LogP contribution is 2.61. The minimum atomic E-state index is -1.07. The molecule has 4 aliphatic rings. The van der Waals surface area contributed by atoms with Crippen LogP contribution in [0, 0.1) is 29.6 Å². The van der Waals surface area contributed by atoms with E-state index in [2.05, 4.69) is 10.6 Å². The van der Waals surface area contributed by atoms with Crippen molar-refractivity contribution in [3.63, 3.8) is 0 Å². The second kappa shape index (κ2) is 3.80. The summed E-state index contributed by atoms with van der Waals surface area (Å²) in [6.45, 7) is 0. The van der Waals surface area contributed by atoms with Crippen LogP contribution in [0.15, 0.2) is 24.3 Å². The summed E-state index contributed by atoms with van der Waals surface area (Å²) in [4.78, 5) is 12.8. The molecule has 0 saturated heterocycles. The first-order valence-corrected chi connectivity index (χ1v) is 8.05. The minimum absolute atomic E-state index is 0.00838. The number of aliphatic hydroxyl groups is 1. The summed E-state index contributed by atoms with van der Waals surface area (Å²) in [7, 11) is 0. The molecule has 0 spiro atoms. The lowest BCUT2D eigenvalue weighted by molar-refractivity contribution is -0.147. The number of fused-ring (bicyclic) bond motifs is 6. The lowest BCUT2D eigenvalue weighted by Gasteiger charge is -2.50. The monoisotopic (exact) mass is 284 g/mol. The molecule has 0 radical (unpaired) electrons. The molecule has 3 aliphatic carbocycles. The summed E-state index contributed by atoms with van der Waals surface area (Å²) in [6, 6.07) is 7.70. The van der Waals surface area contributed by atoms with Crippen molar-refractivity contribution in [2.75, 3.05) is 10.6 Å². The molecule has 6 atom stereocenters. The zero-order valence-electron chi connectivity index (χ0n) is 11.9. The Morgan fingerprint density at radius 3 is 2.67 bits per heavy atom. The van der Waals surface area contributed by atoms with Gasteiger partial charge in [0.05, 0.1) is 17.3 Å². The second-order valence-electron chi connectivity index (χ2n) is 7.40. The number of amides is 1. The fraction of sp³-hybridized carbons (Fsp3) is 0.588. The van der Waals surface area contributed by atoms with Crippen molar-refractivity contribution < 1.29 is 9.90 Å². The van der Waals surface area contributed by atoms with Gasteiger partial charge in [-0.3, -0.25) is 4.79 Å².